The molecule has 190 valence electrons. The number of thioether (sulfide) groups is 1. The molecule has 1 nitrogen and oxygen atoms in total. The van der Waals surface area contributed by atoms with Crippen LogP contribution in [0.2, 0.25) is 0 Å². The molecule has 38 heavy (non-hydrogen) atoms. The van der Waals surface area contributed by atoms with Crippen LogP contribution in [-0.2, 0) is 0 Å². The maximum atomic E-state index is 6.20. The molecule has 0 bridgehead atoms. The lowest BCUT2D eigenvalue weighted by Gasteiger charge is -2.19. The lowest BCUT2D eigenvalue weighted by atomic mass is 10.3. The molecule has 0 saturated carbocycles. The molecule has 5 rings (SSSR count). The van der Waals surface area contributed by atoms with Gasteiger partial charge >= 0.3 is 0 Å². The van der Waals surface area contributed by atoms with E-state index < -0.39 is 7.92 Å². The van der Waals surface area contributed by atoms with Gasteiger partial charge in [0.1, 0.15) is 5.75 Å². The molecule has 0 aromatic heterocycles. The summed E-state index contributed by atoms with van der Waals surface area (Å²) >= 11 is 1.93. The van der Waals surface area contributed by atoms with Gasteiger partial charge in [-0.15, -0.1) is 11.8 Å². The van der Waals surface area contributed by atoms with E-state index in [1.807, 2.05) is 11.8 Å². The molecule has 0 saturated heterocycles. The number of hydrogen-bond acceptors (Lipinski definition) is 2. The Morgan fingerprint density at radius 1 is 0.447 bits per heavy atom. The predicted molar refractivity (Wildman–Crippen MR) is 171 cm³/mol. The molecule has 0 spiro atoms. The van der Waals surface area contributed by atoms with Crippen molar-refractivity contribution in [3.8, 4) is 5.75 Å². The van der Waals surface area contributed by atoms with Crippen LogP contribution in [0.5, 0.6) is 5.75 Å². The van der Waals surface area contributed by atoms with Crippen LogP contribution in [0.25, 0.3) is 0 Å². The standard InChI is InChI=1S/C34H32OP2S/c1-5-13-30(14-6-1)36(31-15-7-2-8-16-31)26-25-35-29-21-23-34(24-22-29)38-28-27-37(32-17-9-3-10-18-32)33-19-11-4-12-20-33/h1-24H,25-28H2. The van der Waals surface area contributed by atoms with Crippen molar-refractivity contribution in [3.63, 3.8) is 0 Å². The van der Waals surface area contributed by atoms with E-state index in [4.69, 9.17) is 4.74 Å². The monoisotopic (exact) mass is 550 g/mol. The molecule has 4 heteroatoms. The first kappa shape index (κ1) is 26.7. The first-order valence-electron chi connectivity index (χ1n) is 13.0. The number of benzene rings is 5. The van der Waals surface area contributed by atoms with E-state index in [-0.39, 0.29) is 7.92 Å². The summed E-state index contributed by atoms with van der Waals surface area (Å²) in [6, 6.07) is 52.2. The Morgan fingerprint density at radius 2 is 0.842 bits per heavy atom. The van der Waals surface area contributed by atoms with Crippen LogP contribution in [0.3, 0.4) is 0 Å². The number of rotatable bonds is 12. The van der Waals surface area contributed by atoms with Crippen LogP contribution in [0.15, 0.2) is 150 Å². The molecule has 0 aliphatic carbocycles. The SMILES string of the molecule is c1ccc(P(CCOc2ccc(SCCP(c3ccccc3)c3ccccc3)cc2)c2ccccc2)cc1. The summed E-state index contributed by atoms with van der Waals surface area (Å²) in [4.78, 5) is 1.30. The Morgan fingerprint density at radius 3 is 1.26 bits per heavy atom. The van der Waals surface area contributed by atoms with Gasteiger partial charge < -0.3 is 4.74 Å². The fraction of sp³-hybridized carbons (Fsp3) is 0.118. The molecule has 0 amide bonds. The summed E-state index contributed by atoms with van der Waals surface area (Å²) in [7, 11) is -0.784. The van der Waals surface area contributed by atoms with Gasteiger partial charge in [-0.2, -0.15) is 0 Å². The minimum absolute atomic E-state index is 0.350. The van der Waals surface area contributed by atoms with Gasteiger partial charge in [-0.3, -0.25) is 0 Å². The zero-order valence-corrected chi connectivity index (χ0v) is 24.0. The molecule has 0 aliphatic rings. The second-order valence-corrected chi connectivity index (χ2v) is 14.7. The highest BCUT2D eigenvalue weighted by Gasteiger charge is 2.14. The third-order valence-electron chi connectivity index (χ3n) is 6.26. The van der Waals surface area contributed by atoms with Gasteiger partial charge in [-0.05, 0) is 67.5 Å². The highest BCUT2D eigenvalue weighted by Crippen LogP contribution is 2.36. The lowest BCUT2D eigenvalue weighted by Crippen LogP contribution is -2.17. The summed E-state index contributed by atoms with van der Waals surface area (Å²) in [6.07, 6.45) is 2.16. The third-order valence-corrected chi connectivity index (χ3v) is 12.6. The van der Waals surface area contributed by atoms with Crippen LogP contribution < -0.4 is 26.0 Å². The fourth-order valence-electron chi connectivity index (χ4n) is 4.39. The van der Waals surface area contributed by atoms with Gasteiger partial charge in [0.15, 0.2) is 0 Å². The maximum Gasteiger partial charge on any atom is 0.119 e. The van der Waals surface area contributed by atoms with E-state index in [0.717, 1.165) is 23.8 Å². The van der Waals surface area contributed by atoms with Crippen LogP contribution in [-0.4, -0.2) is 24.7 Å². The maximum absolute atomic E-state index is 6.20. The normalized spacial score (nSPS) is 11.1. The van der Waals surface area contributed by atoms with E-state index in [9.17, 15) is 0 Å². The molecular formula is C34H32OP2S. The Kier molecular flexibility index (Phi) is 10.1. The average Bonchev–Trinajstić information content (AvgIpc) is 3.00. The highest BCUT2D eigenvalue weighted by molar-refractivity contribution is 7.99. The van der Waals surface area contributed by atoms with Gasteiger partial charge in [0.25, 0.3) is 0 Å². The van der Waals surface area contributed by atoms with Crippen molar-refractivity contribution >= 4 is 48.8 Å². The van der Waals surface area contributed by atoms with Gasteiger partial charge in [-0.1, -0.05) is 121 Å². The fourth-order valence-corrected chi connectivity index (χ4v) is 10.1. The second kappa shape index (κ2) is 14.3. The Labute approximate surface area is 233 Å². The molecule has 0 aliphatic heterocycles. The van der Waals surface area contributed by atoms with Gasteiger partial charge in [-0.25, -0.2) is 0 Å². The molecule has 0 N–H and O–H groups in total. The highest BCUT2D eigenvalue weighted by atomic mass is 32.2. The van der Waals surface area contributed by atoms with E-state index >= 15 is 0 Å². The molecule has 0 atom stereocenters. The summed E-state index contributed by atoms with van der Waals surface area (Å²) in [6.45, 7) is 0.709. The van der Waals surface area contributed by atoms with Crippen LogP contribution in [0.4, 0.5) is 0 Å². The summed E-state index contributed by atoms with van der Waals surface area (Å²) in [5.41, 5.74) is 0. The number of hydrogen-bond donors (Lipinski definition) is 0. The first-order valence-corrected chi connectivity index (χ1v) is 17.0. The molecule has 0 unspecified atom stereocenters. The number of ether oxygens (including phenoxy) is 1. The van der Waals surface area contributed by atoms with Gasteiger partial charge in [0.2, 0.25) is 0 Å². The van der Waals surface area contributed by atoms with E-state index in [2.05, 4.69) is 146 Å². The van der Waals surface area contributed by atoms with Crippen molar-refractivity contribution in [3.05, 3.63) is 146 Å². The zero-order chi connectivity index (χ0) is 25.8. The van der Waals surface area contributed by atoms with E-state index in [1.165, 1.54) is 26.1 Å². The quantitative estimate of drug-likeness (QED) is 0.118. The molecule has 0 heterocycles. The molecule has 0 fully saturated rings. The zero-order valence-electron chi connectivity index (χ0n) is 21.4. The van der Waals surface area contributed by atoms with E-state index in [1.54, 1.807) is 0 Å². The summed E-state index contributed by atoms with van der Waals surface area (Å²) in [5, 5.41) is 5.69. The van der Waals surface area contributed by atoms with Crippen molar-refractivity contribution in [1.82, 2.24) is 0 Å². The first-order chi connectivity index (χ1) is 18.9. The molecular weight excluding hydrogens is 518 g/mol. The van der Waals surface area contributed by atoms with Gasteiger partial charge in [0, 0.05) is 16.8 Å². The van der Waals surface area contributed by atoms with Gasteiger partial charge in [0.05, 0.1) is 6.61 Å². The lowest BCUT2D eigenvalue weighted by molar-refractivity contribution is 0.343. The largest absolute Gasteiger partial charge is 0.493 e. The smallest absolute Gasteiger partial charge is 0.119 e. The molecule has 5 aromatic carbocycles. The van der Waals surface area contributed by atoms with Crippen molar-refractivity contribution in [2.24, 2.45) is 0 Å². The second-order valence-electron chi connectivity index (χ2n) is 8.81. The average molecular weight is 551 g/mol. The van der Waals surface area contributed by atoms with Crippen molar-refractivity contribution < 1.29 is 4.74 Å². The van der Waals surface area contributed by atoms with Crippen LogP contribution >= 0.6 is 27.6 Å². The van der Waals surface area contributed by atoms with Crippen molar-refractivity contribution in [1.29, 1.82) is 0 Å². The van der Waals surface area contributed by atoms with Crippen LogP contribution in [0.1, 0.15) is 0 Å². The topological polar surface area (TPSA) is 9.23 Å². The minimum Gasteiger partial charge on any atom is -0.493 e. The molecule has 5 aromatic rings. The Bertz CT molecular complexity index is 1160. The predicted octanol–water partition coefficient (Wildman–Crippen LogP) is 7.42. The summed E-state index contributed by atoms with van der Waals surface area (Å²) in [5.74, 6) is 2.04. The van der Waals surface area contributed by atoms with Crippen molar-refractivity contribution in [2.45, 2.75) is 4.90 Å². The Hall–Kier alpha value is -2.89. The summed E-state index contributed by atoms with van der Waals surface area (Å²) < 4.78 is 6.20. The van der Waals surface area contributed by atoms with Crippen LogP contribution in [0, 0.1) is 0 Å². The Balaban J connectivity index is 1.15. The molecule has 0 radical (unpaired) electrons. The third kappa shape index (κ3) is 7.58. The van der Waals surface area contributed by atoms with Crippen molar-refractivity contribution in [2.75, 3.05) is 24.7 Å². The van der Waals surface area contributed by atoms with E-state index in [0.29, 0.717) is 6.61 Å². The minimum atomic E-state index is -0.434.